The molecule has 0 bridgehead atoms. The minimum atomic E-state index is -0.305. The minimum Gasteiger partial charge on any atom is -0.422 e. The fraction of sp³-hybridized carbons (Fsp3) is 0.471. The van der Waals surface area contributed by atoms with Crippen LogP contribution in [0.2, 0.25) is 0 Å². The van der Waals surface area contributed by atoms with Crippen LogP contribution in [0.3, 0.4) is 0 Å². The van der Waals surface area contributed by atoms with Crippen LogP contribution in [0.1, 0.15) is 29.5 Å². The number of hydrogen-bond acceptors (Lipinski definition) is 4. The first-order valence-electron chi connectivity index (χ1n) is 7.75. The van der Waals surface area contributed by atoms with E-state index >= 15 is 0 Å². The van der Waals surface area contributed by atoms with Crippen LogP contribution in [0.15, 0.2) is 21.3 Å². The number of aliphatic hydroxyl groups is 1. The molecule has 0 amide bonds. The van der Waals surface area contributed by atoms with Crippen LogP contribution in [0.4, 0.5) is 5.69 Å². The van der Waals surface area contributed by atoms with Crippen molar-refractivity contribution in [2.45, 2.75) is 32.1 Å². The minimum absolute atomic E-state index is 0.0260. The van der Waals surface area contributed by atoms with Crippen molar-refractivity contribution in [3.05, 3.63) is 39.2 Å². The number of hydrogen-bond donors (Lipinski definition) is 1. The zero-order valence-electron chi connectivity index (χ0n) is 12.0. The van der Waals surface area contributed by atoms with Gasteiger partial charge in [0.1, 0.15) is 5.58 Å². The van der Waals surface area contributed by atoms with Gasteiger partial charge in [-0.3, -0.25) is 0 Å². The van der Waals surface area contributed by atoms with Crippen molar-refractivity contribution in [1.29, 1.82) is 0 Å². The van der Waals surface area contributed by atoms with E-state index in [1.807, 2.05) is 6.07 Å². The molecule has 4 rings (SSSR count). The fourth-order valence-electron chi connectivity index (χ4n) is 3.78. The summed E-state index contributed by atoms with van der Waals surface area (Å²) in [5.41, 5.74) is 4.93. The molecule has 0 spiro atoms. The molecule has 4 heteroatoms. The van der Waals surface area contributed by atoms with E-state index in [0.29, 0.717) is 12.0 Å². The molecule has 0 radical (unpaired) electrons. The molecule has 3 heterocycles. The SMILES string of the molecule is O=c1oc2c3c4c(cc2cc1CCO)CCCN4CCC3. The maximum atomic E-state index is 12.1. The average molecular weight is 285 g/mol. The third kappa shape index (κ3) is 1.97. The summed E-state index contributed by atoms with van der Waals surface area (Å²) >= 11 is 0. The van der Waals surface area contributed by atoms with Gasteiger partial charge in [-0.25, -0.2) is 4.79 Å². The smallest absolute Gasteiger partial charge is 0.339 e. The molecule has 21 heavy (non-hydrogen) atoms. The molecule has 1 N–H and O–H groups in total. The Kier molecular flexibility index (Phi) is 3.00. The monoisotopic (exact) mass is 285 g/mol. The van der Waals surface area contributed by atoms with Gasteiger partial charge >= 0.3 is 5.63 Å². The first-order valence-corrected chi connectivity index (χ1v) is 7.75. The van der Waals surface area contributed by atoms with E-state index in [1.165, 1.54) is 23.2 Å². The Morgan fingerprint density at radius 1 is 1.19 bits per heavy atom. The predicted molar refractivity (Wildman–Crippen MR) is 82.1 cm³/mol. The van der Waals surface area contributed by atoms with E-state index in [-0.39, 0.29) is 12.2 Å². The summed E-state index contributed by atoms with van der Waals surface area (Å²) in [5.74, 6) is 0. The molecule has 2 aromatic rings. The lowest BCUT2D eigenvalue weighted by Crippen LogP contribution is -2.34. The first-order chi connectivity index (χ1) is 10.3. The van der Waals surface area contributed by atoms with Crippen LogP contribution in [-0.4, -0.2) is 24.8 Å². The Labute approximate surface area is 123 Å². The molecule has 0 saturated carbocycles. The number of benzene rings is 1. The fourth-order valence-corrected chi connectivity index (χ4v) is 3.78. The number of aryl methyl sites for hydroxylation is 2. The van der Waals surface area contributed by atoms with E-state index in [9.17, 15) is 4.79 Å². The Hall–Kier alpha value is -1.81. The van der Waals surface area contributed by atoms with Crippen molar-refractivity contribution in [2.75, 3.05) is 24.6 Å². The van der Waals surface area contributed by atoms with Crippen LogP contribution in [0, 0.1) is 0 Å². The van der Waals surface area contributed by atoms with Gasteiger partial charge in [0.15, 0.2) is 0 Å². The van der Waals surface area contributed by atoms with Crippen LogP contribution >= 0.6 is 0 Å². The Morgan fingerprint density at radius 2 is 2.00 bits per heavy atom. The van der Waals surface area contributed by atoms with Crippen molar-refractivity contribution in [2.24, 2.45) is 0 Å². The molecule has 110 valence electrons. The molecule has 0 unspecified atom stereocenters. The molecule has 1 aromatic heterocycles. The van der Waals surface area contributed by atoms with Gasteiger partial charge in [-0.2, -0.15) is 0 Å². The van der Waals surface area contributed by atoms with Gasteiger partial charge < -0.3 is 14.4 Å². The molecule has 0 saturated heterocycles. The summed E-state index contributed by atoms with van der Waals surface area (Å²) in [4.78, 5) is 14.5. The lowest BCUT2D eigenvalue weighted by molar-refractivity contribution is 0.298. The quantitative estimate of drug-likeness (QED) is 0.858. The van der Waals surface area contributed by atoms with Crippen molar-refractivity contribution in [1.82, 2.24) is 0 Å². The molecule has 0 fully saturated rings. The first kappa shape index (κ1) is 12.9. The molecule has 2 aliphatic rings. The zero-order chi connectivity index (χ0) is 14.4. The van der Waals surface area contributed by atoms with E-state index in [2.05, 4.69) is 11.0 Å². The van der Waals surface area contributed by atoms with E-state index < -0.39 is 0 Å². The predicted octanol–water partition coefficient (Wildman–Crippen LogP) is 2.03. The number of fused-ring (bicyclic) bond motifs is 2. The van der Waals surface area contributed by atoms with Gasteiger partial charge in [0.25, 0.3) is 0 Å². The van der Waals surface area contributed by atoms with Crippen LogP contribution in [0.25, 0.3) is 11.0 Å². The highest BCUT2D eigenvalue weighted by Crippen LogP contribution is 2.39. The largest absolute Gasteiger partial charge is 0.422 e. The second kappa shape index (κ2) is 4.88. The average Bonchev–Trinajstić information content (AvgIpc) is 2.50. The van der Waals surface area contributed by atoms with Gasteiger partial charge in [-0.1, -0.05) is 0 Å². The van der Waals surface area contributed by atoms with Crippen molar-refractivity contribution in [3.8, 4) is 0 Å². The van der Waals surface area contributed by atoms with Crippen molar-refractivity contribution < 1.29 is 9.52 Å². The van der Waals surface area contributed by atoms with E-state index in [1.54, 1.807) is 0 Å². The Balaban J connectivity index is 2.01. The van der Waals surface area contributed by atoms with Gasteiger partial charge in [-0.15, -0.1) is 0 Å². The highest BCUT2D eigenvalue weighted by molar-refractivity contribution is 5.88. The van der Waals surface area contributed by atoms with E-state index in [0.717, 1.165) is 43.3 Å². The number of aliphatic hydroxyl groups excluding tert-OH is 1. The maximum Gasteiger partial charge on any atom is 0.339 e. The summed E-state index contributed by atoms with van der Waals surface area (Å²) in [7, 11) is 0. The van der Waals surface area contributed by atoms with Gasteiger partial charge in [-0.05, 0) is 43.4 Å². The highest BCUT2D eigenvalue weighted by atomic mass is 16.4. The number of anilines is 1. The zero-order valence-corrected chi connectivity index (χ0v) is 12.0. The summed E-state index contributed by atoms with van der Waals surface area (Å²) in [6.45, 7) is 2.19. The molecule has 0 atom stereocenters. The second-order valence-corrected chi connectivity index (χ2v) is 6.01. The molecule has 4 nitrogen and oxygen atoms in total. The third-order valence-electron chi connectivity index (χ3n) is 4.67. The lowest BCUT2D eigenvalue weighted by Gasteiger charge is -2.37. The van der Waals surface area contributed by atoms with Gasteiger partial charge in [0.2, 0.25) is 0 Å². The van der Waals surface area contributed by atoms with Gasteiger partial charge in [0.05, 0.1) is 0 Å². The summed E-state index contributed by atoms with van der Waals surface area (Å²) < 4.78 is 5.62. The maximum absolute atomic E-state index is 12.1. The molecular weight excluding hydrogens is 266 g/mol. The summed E-state index contributed by atoms with van der Waals surface area (Å²) in [6, 6.07) is 4.08. The topological polar surface area (TPSA) is 53.7 Å². The number of nitrogens with zero attached hydrogens (tertiary/aromatic N) is 1. The molecule has 2 aliphatic heterocycles. The highest BCUT2D eigenvalue weighted by Gasteiger charge is 2.26. The Morgan fingerprint density at radius 3 is 2.81 bits per heavy atom. The molecule has 0 aliphatic carbocycles. The molecule has 1 aromatic carbocycles. The van der Waals surface area contributed by atoms with Crippen LogP contribution in [-0.2, 0) is 19.3 Å². The van der Waals surface area contributed by atoms with Crippen LogP contribution in [0.5, 0.6) is 0 Å². The standard InChI is InChI=1S/C17H19NO3/c19-8-5-12-10-13-9-11-3-1-6-18-7-2-4-14(15(11)18)16(13)21-17(12)20/h9-10,19H,1-8H2. The van der Waals surface area contributed by atoms with E-state index in [4.69, 9.17) is 9.52 Å². The van der Waals surface area contributed by atoms with Crippen LogP contribution < -0.4 is 10.5 Å². The van der Waals surface area contributed by atoms with Gasteiger partial charge in [0, 0.05) is 48.3 Å². The second-order valence-electron chi connectivity index (χ2n) is 6.01. The summed E-state index contributed by atoms with van der Waals surface area (Å²) in [6.07, 6.45) is 4.75. The van der Waals surface area contributed by atoms with Crippen molar-refractivity contribution >= 4 is 16.7 Å². The Bertz CT molecular complexity index is 761. The number of rotatable bonds is 2. The normalized spacial score (nSPS) is 17.1. The lowest BCUT2D eigenvalue weighted by atomic mass is 9.90. The molecular formula is C17H19NO3. The third-order valence-corrected chi connectivity index (χ3v) is 4.67. The van der Waals surface area contributed by atoms with Crippen molar-refractivity contribution in [3.63, 3.8) is 0 Å². The summed E-state index contributed by atoms with van der Waals surface area (Å²) in [5, 5.41) is 10.1.